The summed E-state index contributed by atoms with van der Waals surface area (Å²) in [5, 5.41) is 12.4. The zero-order valence-corrected chi connectivity index (χ0v) is 16.6. The molecule has 0 aromatic carbocycles. The second-order valence-corrected chi connectivity index (χ2v) is 7.76. The average molecular weight is 380 g/mol. The molecule has 1 N–H and O–H groups in total. The summed E-state index contributed by atoms with van der Waals surface area (Å²) >= 11 is 0. The Labute approximate surface area is 164 Å². The minimum Gasteiger partial charge on any atom is -0.444 e. The molecule has 1 atom stereocenters. The van der Waals surface area contributed by atoms with Gasteiger partial charge in [0.05, 0.1) is 5.69 Å². The maximum Gasteiger partial charge on any atom is 0.410 e. The van der Waals surface area contributed by atoms with Gasteiger partial charge in [-0.1, -0.05) is 0 Å². The molecule has 8 nitrogen and oxygen atoms in total. The van der Waals surface area contributed by atoms with Crippen molar-refractivity contribution >= 4 is 11.9 Å². The van der Waals surface area contributed by atoms with Crippen LogP contribution in [0.25, 0.3) is 11.4 Å². The molecule has 1 saturated heterocycles. The first-order valence-corrected chi connectivity index (χ1v) is 9.21. The van der Waals surface area contributed by atoms with Crippen molar-refractivity contribution in [2.24, 2.45) is 0 Å². The molecule has 0 unspecified atom stereocenters. The van der Waals surface area contributed by atoms with Gasteiger partial charge in [0.2, 0.25) is 0 Å². The van der Waals surface area contributed by atoms with E-state index in [2.05, 4.69) is 20.3 Å². The van der Waals surface area contributed by atoms with Crippen LogP contribution in [0.3, 0.4) is 0 Å². The van der Waals surface area contributed by atoms with E-state index < -0.39 is 5.60 Å². The number of carbonyl (C=O) groups excluding carboxylic acids is 1. The fourth-order valence-corrected chi connectivity index (χ4v) is 3.01. The number of anilines is 1. The Bertz CT molecular complexity index is 916. The van der Waals surface area contributed by atoms with Gasteiger partial charge in [0.25, 0.3) is 0 Å². The fourth-order valence-electron chi connectivity index (χ4n) is 3.01. The standard InChI is InChI=1S/C20H24N6O2/c1-13-16(18-22-9-7-14(11-21)25-18)5-6-17(23-13)24-15-8-10-26(12-15)19(27)28-20(2,3)4/h5-7,9,15H,8,10,12H2,1-4H3,(H,23,24)/t15-/m0/s1. The molecule has 0 bridgehead atoms. The van der Waals surface area contributed by atoms with Crippen molar-refractivity contribution in [3.63, 3.8) is 0 Å². The summed E-state index contributed by atoms with van der Waals surface area (Å²) in [5.41, 5.74) is 1.37. The number of nitrogens with zero attached hydrogens (tertiary/aromatic N) is 5. The van der Waals surface area contributed by atoms with Crippen LogP contribution in [0.1, 0.15) is 38.6 Å². The van der Waals surface area contributed by atoms with Crippen molar-refractivity contribution in [2.75, 3.05) is 18.4 Å². The molecule has 1 fully saturated rings. The summed E-state index contributed by atoms with van der Waals surface area (Å²) in [7, 11) is 0. The van der Waals surface area contributed by atoms with Crippen LogP contribution in [0.5, 0.6) is 0 Å². The van der Waals surface area contributed by atoms with Gasteiger partial charge in [-0.2, -0.15) is 5.26 Å². The van der Waals surface area contributed by atoms with E-state index in [0.717, 1.165) is 23.5 Å². The number of aryl methyl sites for hydroxylation is 1. The van der Waals surface area contributed by atoms with Crippen LogP contribution in [-0.2, 0) is 4.74 Å². The van der Waals surface area contributed by atoms with Gasteiger partial charge in [-0.3, -0.25) is 0 Å². The maximum absolute atomic E-state index is 12.2. The number of likely N-dealkylation sites (tertiary alicyclic amines) is 1. The molecule has 0 aliphatic carbocycles. The number of ether oxygens (including phenoxy) is 1. The number of aromatic nitrogens is 3. The van der Waals surface area contributed by atoms with E-state index >= 15 is 0 Å². The van der Waals surface area contributed by atoms with Crippen molar-refractivity contribution in [3.8, 4) is 17.5 Å². The van der Waals surface area contributed by atoms with Crippen LogP contribution in [0.15, 0.2) is 24.4 Å². The molecule has 1 amide bonds. The smallest absolute Gasteiger partial charge is 0.410 e. The lowest BCUT2D eigenvalue weighted by Crippen LogP contribution is -2.36. The summed E-state index contributed by atoms with van der Waals surface area (Å²) in [6, 6.07) is 7.45. The summed E-state index contributed by atoms with van der Waals surface area (Å²) < 4.78 is 5.43. The number of hydrogen-bond donors (Lipinski definition) is 1. The maximum atomic E-state index is 12.2. The van der Waals surface area contributed by atoms with E-state index in [1.165, 1.54) is 0 Å². The van der Waals surface area contributed by atoms with Crippen molar-refractivity contribution < 1.29 is 9.53 Å². The van der Waals surface area contributed by atoms with E-state index in [9.17, 15) is 4.79 Å². The molecule has 0 saturated carbocycles. The van der Waals surface area contributed by atoms with E-state index in [-0.39, 0.29) is 12.1 Å². The quantitative estimate of drug-likeness (QED) is 0.872. The molecule has 2 aromatic heterocycles. The van der Waals surface area contributed by atoms with E-state index in [1.54, 1.807) is 17.2 Å². The lowest BCUT2D eigenvalue weighted by Gasteiger charge is -2.24. The number of nitrogens with one attached hydrogen (secondary N) is 1. The Kier molecular flexibility index (Phi) is 5.45. The van der Waals surface area contributed by atoms with Gasteiger partial charge in [0, 0.05) is 30.9 Å². The van der Waals surface area contributed by atoms with Gasteiger partial charge in [-0.25, -0.2) is 19.7 Å². The highest BCUT2D eigenvalue weighted by molar-refractivity contribution is 5.68. The third-order valence-electron chi connectivity index (χ3n) is 4.29. The predicted molar refractivity (Wildman–Crippen MR) is 105 cm³/mol. The average Bonchev–Trinajstić information content (AvgIpc) is 3.09. The molecular weight excluding hydrogens is 356 g/mol. The van der Waals surface area contributed by atoms with Crippen LogP contribution in [-0.4, -0.2) is 50.7 Å². The lowest BCUT2D eigenvalue weighted by atomic mass is 10.2. The zero-order valence-electron chi connectivity index (χ0n) is 16.6. The van der Waals surface area contributed by atoms with Gasteiger partial charge in [-0.05, 0) is 52.3 Å². The van der Waals surface area contributed by atoms with Gasteiger partial charge >= 0.3 is 6.09 Å². The number of hydrogen-bond acceptors (Lipinski definition) is 7. The number of rotatable bonds is 3. The van der Waals surface area contributed by atoms with Crippen LogP contribution >= 0.6 is 0 Å². The van der Waals surface area contributed by atoms with Crippen LogP contribution in [0.4, 0.5) is 10.6 Å². The topological polar surface area (TPSA) is 104 Å². The van der Waals surface area contributed by atoms with Crippen molar-refractivity contribution in [2.45, 2.75) is 45.8 Å². The Balaban J connectivity index is 1.65. The highest BCUT2D eigenvalue weighted by Crippen LogP contribution is 2.22. The third-order valence-corrected chi connectivity index (χ3v) is 4.29. The Morgan fingerprint density at radius 2 is 2.11 bits per heavy atom. The second kappa shape index (κ2) is 7.80. The van der Waals surface area contributed by atoms with Gasteiger partial charge in [0.15, 0.2) is 5.82 Å². The Morgan fingerprint density at radius 3 is 2.79 bits per heavy atom. The number of nitriles is 1. The highest BCUT2D eigenvalue weighted by Gasteiger charge is 2.29. The summed E-state index contributed by atoms with van der Waals surface area (Å²) in [4.78, 5) is 26.9. The Hall–Kier alpha value is -3.21. The SMILES string of the molecule is Cc1nc(N[C@H]2CCN(C(=O)OC(C)(C)C)C2)ccc1-c1nccc(C#N)n1. The first kappa shape index (κ1) is 19.5. The van der Waals surface area contributed by atoms with E-state index in [0.29, 0.717) is 24.6 Å². The first-order valence-electron chi connectivity index (χ1n) is 9.21. The predicted octanol–water partition coefficient (Wildman–Crippen LogP) is 3.14. The molecule has 2 aromatic rings. The lowest BCUT2D eigenvalue weighted by molar-refractivity contribution is 0.0293. The summed E-state index contributed by atoms with van der Waals surface area (Å²) in [6.07, 6.45) is 2.11. The minimum absolute atomic E-state index is 0.114. The normalized spacial score (nSPS) is 16.5. The zero-order chi connectivity index (χ0) is 20.3. The van der Waals surface area contributed by atoms with Crippen molar-refractivity contribution in [3.05, 3.63) is 35.8 Å². The third kappa shape index (κ3) is 4.74. The molecule has 28 heavy (non-hydrogen) atoms. The van der Waals surface area contributed by atoms with Crippen LogP contribution < -0.4 is 5.32 Å². The van der Waals surface area contributed by atoms with E-state index in [4.69, 9.17) is 10.00 Å². The molecule has 8 heteroatoms. The monoisotopic (exact) mass is 380 g/mol. The molecule has 3 rings (SSSR count). The molecular formula is C20H24N6O2. The number of carbonyl (C=O) groups is 1. The number of amides is 1. The molecule has 0 spiro atoms. The highest BCUT2D eigenvalue weighted by atomic mass is 16.6. The molecule has 1 aliphatic rings. The molecule has 146 valence electrons. The van der Waals surface area contributed by atoms with Crippen molar-refractivity contribution in [1.29, 1.82) is 5.26 Å². The van der Waals surface area contributed by atoms with Gasteiger partial charge < -0.3 is 15.0 Å². The largest absolute Gasteiger partial charge is 0.444 e. The summed E-state index contributed by atoms with van der Waals surface area (Å²) in [6.45, 7) is 8.69. The second-order valence-electron chi connectivity index (χ2n) is 7.76. The molecule has 0 radical (unpaired) electrons. The Morgan fingerprint density at radius 1 is 1.32 bits per heavy atom. The van der Waals surface area contributed by atoms with E-state index in [1.807, 2.05) is 45.9 Å². The fraction of sp³-hybridized carbons (Fsp3) is 0.450. The van der Waals surface area contributed by atoms with Crippen LogP contribution in [0.2, 0.25) is 0 Å². The summed E-state index contributed by atoms with van der Waals surface area (Å²) in [5.74, 6) is 1.21. The van der Waals surface area contributed by atoms with Gasteiger partial charge in [0.1, 0.15) is 23.2 Å². The van der Waals surface area contributed by atoms with Crippen molar-refractivity contribution in [1.82, 2.24) is 19.9 Å². The number of pyridine rings is 1. The van der Waals surface area contributed by atoms with Crippen LogP contribution in [0, 0.1) is 18.3 Å². The minimum atomic E-state index is -0.498. The van der Waals surface area contributed by atoms with Gasteiger partial charge in [-0.15, -0.1) is 0 Å². The first-order chi connectivity index (χ1) is 13.2. The molecule has 1 aliphatic heterocycles. The molecule has 3 heterocycles.